The van der Waals surface area contributed by atoms with Gasteiger partial charge in [-0.1, -0.05) is 82.3 Å². The van der Waals surface area contributed by atoms with Crippen molar-refractivity contribution in [3.8, 4) is 11.1 Å². The Morgan fingerprint density at radius 2 is 1.38 bits per heavy atom. The van der Waals surface area contributed by atoms with E-state index < -0.39 is 0 Å². The Bertz CT molecular complexity index is 547. The molecule has 0 bridgehead atoms. The number of aliphatic hydroxyl groups is 1. The SMILES string of the molecule is CC.CC.OC(c1ccccc1-c1ccccc1)C1CCNCC1. The highest BCUT2D eigenvalue weighted by molar-refractivity contribution is 5.67. The number of nitrogens with one attached hydrogen (secondary N) is 1. The van der Waals surface area contributed by atoms with Crippen LogP contribution in [0.5, 0.6) is 0 Å². The molecule has 1 heterocycles. The summed E-state index contributed by atoms with van der Waals surface area (Å²) in [6, 6.07) is 18.6. The molecule has 0 amide bonds. The summed E-state index contributed by atoms with van der Waals surface area (Å²) < 4.78 is 0. The summed E-state index contributed by atoms with van der Waals surface area (Å²) in [5.74, 6) is 0.362. The third kappa shape index (κ3) is 5.47. The van der Waals surface area contributed by atoms with Gasteiger partial charge in [-0.15, -0.1) is 0 Å². The molecule has 1 fully saturated rings. The first kappa shape index (κ1) is 20.4. The Labute approximate surface area is 147 Å². The van der Waals surface area contributed by atoms with Crippen LogP contribution in [0.4, 0.5) is 0 Å². The van der Waals surface area contributed by atoms with E-state index in [4.69, 9.17) is 0 Å². The molecule has 2 aromatic carbocycles. The number of rotatable bonds is 3. The fraction of sp³-hybridized carbons (Fsp3) is 0.455. The van der Waals surface area contributed by atoms with E-state index in [-0.39, 0.29) is 6.10 Å². The maximum absolute atomic E-state index is 10.8. The van der Waals surface area contributed by atoms with Gasteiger partial charge in [0.2, 0.25) is 0 Å². The van der Waals surface area contributed by atoms with Crippen molar-refractivity contribution in [1.29, 1.82) is 0 Å². The molecule has 3 rings (SSSR count). The van der Waals surface area contributed by atoms with Crippen molar-refractivity contribution >= 4 is 0 Å². The van der Waals surface area contributed by atoms with Gasteiger partial charge in [-0.05, 0) is 48.5 Å². The van der Waals surface area contributed by atoms with E-state index in [1.807, 2.05) is 58.0 Å². The van der Waals surface area contributed by atoms with Gasteiger partial charge >= 0.3 is 0 Å². The minimum atomic E-state index is -0.367. The summed E-state index contributed by atoms with van der Waals surface area (Å²) in [4.78, 5) is 0. The van der Waals surface area contributed by atoms with Gasteiger partial charge < -0.3 is 10.4 Å². The fourth-order valence-electron chi connectivity index (χ4n) is 3.05. The molecule has 24 heavy (non-hydrogen) atoms. The number of hydrogen-bond acceptors (Lipinski definition) is 2. The first-order chi connectivity index (χ1) is 11.9. The normalized spacial score (nSPS) is 15.4. The van der Waals surface area contributed by atoms with Crippen molar-refractivity contribution < 1.29 is 5.11 Å². The van der Waals surface area contributed by atoms with Crippen LogP contribution in [0.15, 0.2) is 54.6 Å². The first-order valence-electron chi connectivity index (χ1n) is 9.39. The van der Waals surface area contributed by atoms with Gasteiger partial charge in [0.25, 0.3) is 0 Å². The lowest BCUT2D eigenvalue weighted by molar-refractivity contribution is 0.0894. The largest absolute Gasteiger partial charge is 0.388 e. The van der Waals surface area contributed by atoms with Gasteiger partial charge in [0.05, 0.1) is 6.10 Å². The molecule has 1 unspecified atom stereocenters. The highest BCUT2D eigenvalue weighted by Gasteiger charge is 2.24. The number of piperidine rings is 1. The van der Waals surface area contributed by atoms with Crippen LogP contribution in [0.25, 0.3) is 11.1 Å². The Morgan fingerprint density at radius 3 is 2.00 bits per heavy atom. The minimum Gasteiger partial charge on any atom is -0.388 e. The lowest BCUT2D eigenvalue weighted by Crippen LogP contribution is -2.31. The molecule has 2 nitrogen and oxygen atoms in total. The molecule has 2 N–H and O–H groups in total. The first-order valence-corrected chi connectivity index (χ1v) is 9.39. The van der Waals surface area contributed by atoms with Crippen LogP contribution in [-0.2, 0) is 0 Å². The van der Waals surface area contributed by atoms with Crippen molar-refractivity contribution in [2.75, 3.05) is 13.1 Å². The monoisotopic (exact) mass is 327 g/mol. The maximum Gasteiger partial charge on any atom is 0.0825 e. The van der Waals surface area contributed by atoms with Crippen LogP contribution >= 0.6 is 0 Å². The molecule has 0 radical (unpaired) electrons. The summed E-state index contributed by atoms with van der Waals surface area (Å²) in [7, 11) is 0. The van der Waals surface area contributed by atoms with Gasteiger partial charge in [0.15, 0.2) is 0 Å². The van der Waals surface area contributed by atoms with Crippen molar-refractivity contribution in [2.24, 2.45) is 5.92 Å². The summed E-state index contributed by atoms with van der Waals surface area (Å²) in [5, 5.41) is 14.1. The zero-order valence-corrected chi connectivity index (χ0v) is 15.6. The molecular weight excluding hydrogens is 294 g/mol. The number of hydrogen-bond donors (Lipinski definition) is 2. The average Bonchev–Trinajstić information content (AvgIpc) is 2.72. The van der Waals surface area contributed by atoms with E-state index in [0.29, 0.717) is 5.92 Å². The van der Waals surface area contributed by atoms with Crippen LogP contribution in [0.3, 0.4) is 0 Å². The average molecular weight is 328 g/mol. The fourth-order valence-corrected chi connectivity index (χ4v) is 3.05. The van der Waals surface area contributed by atoms with E-state index in [0.717, 1.165) is 37.1 Å². The lowest BCUT2D eigenvalue weighted by atomic mass is 9.85. The summed E-state index contributed by atoms with van der Waals surface area (Å²) in [5.41, 5.74) is 3.39. The Balaban J connectivity index is 0.000000671. The molecule has 2 heteroatoms. The molecule has 0 aliphatic carbocycles. The Kier molecular flexibility index (Phi) is 10.1. The Morgan fingerprint density at radius 1 is 0.833 bits per heavy atom. The summed E-state index contributed by atoms with van der Waals surface area (Å²) in [6.45, 7) is 10.0. The second-order valence-electron chi connectivity index (χ2n) is 5.49. The molecule has 2 aromatic rings. The van der Waals surface area contributed by atoms with E-state index in [1.54, 1.807) is 0 Å². The van der Waals surface area contributed by atoms with Crippen LogP contribution in [0.1, 0.15) is 52.2 Å². The van der Waals surface area contributed by atoms with E-state index in [9.17, 15) is 5.11 Å². The zero-order chi connectivity index (χ0) is 17.8. The summed E-state index contributed by atoms with van der Waals surface area (Å²) >= 11 is 0. The molecular formula is C22H33NO. The van der Waals surface area contributed by atoms with Gasteiger partial charge in [-0.3, -0.25) is 0 Å². The highest BCUT2D eigenvalue weighted by Crippen LogP contribution is 2.34. The summed E-state index contributed by atoms with van der Waals surface area (Å²) in [6.07, 6.45) is 1.72. The van der Waals surface area contributed by atoms with Gasteiger partial charge in [-0.2, -0.15) is 0 Å². The molecule has 0 spiro atoms. The number of aliphatic hydroxyl groups excluding tert-OH is 1. The third-order valence-corrected chi connectivity index (χ3v) is 4.19. The predicted molar refractivity (Wildman–Crippen MR) is 105 cm³/mol. The highest BCUT2D eigenvalue weighted by atomic mass is 16.3. The van der Waals surface area contributed by atoms with Crippen molar-refractivity contribution in [1.82, 2.24) is 5.32 Å². The number of benzene rings is 2. The molecule has 1 aliphatic heterocycles. The maximum atomic E-state index is 10.8. The Hall–Kier alpha value is -1.64. The lowest BCUT2D eigenvalue weighted by Gasteiger charge is -2.28. The van der Waals surface area contributed by atoms with E-state index in [2.05, 4.69) is 29.6 Å². The van der Waals surface area contributed by atoms with Gasteiger partial charge in [0.1, 0.15) is 0 Å². The standard InChI is InChI=1S/C18H21NO.2C2H6/c20-18(15-10-12-19-13-11-15)17-9-5-4-8-16(17)14-6-2-1-3-7-14;2*1-2/h1-9,15,18-20H,10-13H2;2*1-2H3. The van der Waals surface area contributed by atoms with Crippen LogP contribution in [0.2, 0.25) is 0 Å². The van der Waals surface area contributed by atoms with Crippen molar-refractivity contribution in [2.45, 2.75) is 46.6 Å². The predicted octanol–water partition coefficient (Wildman–Crippen LogP) is 5.44. The minimum absolute atomic E-state index is 0.362. The second kappa shape index (κ2) is 11.8. The van der Waals surface area contributed by atoms with Crippen LogP contribution < -0.4 is 5.32 Å². The zero-order valence-electron chi connectivity index (χ0n) is 15.6. The van der Waals surface area contributed by atoms with Gasteiger partial charge in [0, 0.05) is 0 Å². The third-order valence-electron chi connectivity index (χ3n) is 4.19. The van der Waals surface area contributed by atoms with Gasteiger partial charge in [-0.25, -0.2) is 0 Å². The van der Waals surface area contributed by atoms with Crippen LogP contribution in [0, 0.1) is 5.92 Å². The quantitative estimate of drug-likeness (QED) is 0.787. The van der Waals surface area contributed by atoms with Crippen molar-refractivity contribution in [3.05, 3.63) is 60.2 Å². The molecule has 1 atom stereocenters. The topological polar surface area (TPSA) is 32.3 Å². The van der Waals surface area contributed by atoms with E-state index in [1.165, 1.54) is 5.56 Å². The van der Waals surface area contributed by atoms with Crippen LogP contribution in [-0.4, -0.2) is 18.2 Å². The molecule has 0 saturated carbocycles. The molecule has 1 aliphatic rings. The molecule has 1 saturated heterocycles. The molecule has 0 aromatic heterocycles. The smallest absolute Gasteiger partial charge is 0.0825 e. The molecule has 132 valence electrons. The van der Waals surface area contributed by atoms with E-state index >= 15 is 0 Å². The second-order valence-corrected chi connectivity index (χ2v) is 5.49. The van der Waals surface area contributed by atoms with Crippen molar-refractivity contribution in [3.63, 3.8) is 0 Å².